The molecule has 0 bridgehead atoms. The molecule has 0 saturated heterocycles. The Morgan fingerprint density at radius 2 is 2.05 bits per heavy atom. The van der Waals surface area contributed by atoms with E-state index in [2.05, 4.69) is 5.32 Å². The lowest BCUT2D eigenvalue weighted by molar-refractivity contribution is -0.121. The summed E-state index contributed by atoms with van der Waals surface area (Å²) < 4.78 is 25.8. The minimum absolute atomic E-state index is 0.0601. The molecule has 19 heavy (non-hydrogen) atoms. The maximum absolute atomic E-state index is 13.0. The first-order valence-electron chi connectivity index (χ1n) is 5.83. The summed E-state index contributed by atoms with van der Waals surface area (Å²) in [7, 11) is 0. The van der Waals surface area contributed by atoms with Crippen LogP contribution in [0.1, 0.15) is 25.8 Å². The zero-order valence-electron chi connectivity index (χ0n) is 10.8. The molecule has 6 heteroatoms. The van der Waals surface area contributed by atoms with Gasteiger partial charge in [-0.3, -0.25) is 4.79 Å². The van der Waals surface area contributed by atoms with Gasteiger partial charge >= 0.3 is 0 Å². The van der Waals surface area contributed by atoms with E-state index in [1.54, 1.807) is 6.92 Å². The average molecular weight is 286 g/mol. The second-order valence-corrected chi connectivity index (χ2v) is 4.96. The van der Waals surface area contributed by atoms with Crippen LogP contribution in [-0.4, -0.2) is 16.4 Å². The van der Waals surface area contributed by atoms with Crippen molar-refractivity contribution in [3.8, 4) is 0 Å². The quantitative estimate of drug-likeness (QED) is 0.815. The Kier molecular flexibility index (Phi) is 4.94. The Morgan fingerprint density at radius 3 is 2.53 bits per heavy atom. The molecule has 1 atom stereocenters. The van der Waals surface area contributed by atoms with Crippen LogP contribution in [0.25, 0.3) is 0 Å². The first-order chi connectivity index (χ1) is 8.78. The highest BCUT2D eigenvalue weighted by atomic mass is 32.1. The number of thiocarbonyl (C=S) groups is 1. The minimum atomic E-state index is -0.974. The Hall–Kier alpha value is -1.56. The fourth-order valence-electron chi connectivity index (χ4n) is 1.51. The van der Waals surface area contributed by atoms with Gasteiger partial charge in [0.05, 0.1) is 16.9 Å². The molecule has 1 aromatic rings. The smallest absolute Gasteiger partial charge is 0.225 e. The Labute approximate surface area is 116 Å². The van der Waals surface area contributed by atoms with E-state index in [-0.39, 0.29) is 17.3 Å². The molecule has 1 unspecified atom stereocenters. The third kappa shape index (κ3) is 3.96. The maximum atomic E-state index is 13.0. The second kappa shape index (κ2) is 6.06. The van der Waals surface area contributed by atoms with Gasteiger partial charge in [-0.25, -0.2) is 8.78 Å². The maximum Gasteiger partial charge on any atom is 0.225 e. The van der Waals surface area contributed by atoms with Gasteiger partial charge in [0.25, 0.3) is 0 Å². The summed E-state index contributed by atoms with van der Waals surface area (Å²) >= 11 is 4.90. The molecule has 0 radical (unpaired) electrons. The van der Waals surface area contributed by atoms with Crippen molar-refractivity contribution in [3.05, 3.63) is 35.4 Å². The molecule has 0 fully saturated rings. The van der Waals surface area contributed by atoms with Gasteiger partial charge in [0.1, 0.15) is 0 Å². The third-order valence-corrected chi connectivity index (χ3v) is 3.47. The number of amides is 1. The van der Waals surface area contributed by atoms with Gasteiger partial charge in [0, 0.05) is 0 Å². The van der Waals surface area contributed by atoms with E-state index in [4.69, 9.17) is 18.0 Å². The fourth-order valence-corrected chi connectivity index (χ4v) is 1.71. The highest BCUT2D eigenvalue weighted by molar-refractivity contribution is 7.80. The zero-order valence-corrected chi connectivity index (χ0v) is 11.6. The van der Waals surface area contributed by atoms with E-state index in [0.717, 1.165) is 12.1 Å². The summed E-state index contributed by atoms with van der Waals surface area (Å²) in [5.41, 5.74) is 5.19. The number of rotatable bonds is 5. The second-order valence-electron chi connectivity index (χ2n) is 4.52. The van der Waals surface area contributed by atoms with Gasteiger partial charge < -0.3 is 11.1 Å². The molecule has 0 aromatic heterocycles. The van der Waals surface area contributed by atoms with Crippen molar-refractivity contribution in [2.45, 2.75) is 32.2 Å². The molecule has 0 spiro atoms. The van der Waals surface area contributed by atoms with Crippen LogP contribution in [0, 0.1) is 11.6 Å². The average Bonchev–Trinajstić information content (AvgIpc) is 2.33. The number of nitrogens with one attached hydrogen (secondary N) is 1. The van der Waals surface area contributed by atoms with Crippen LogP contribution in [0.3, 0.4) is 0 Å². The topological polar surface area (TPSA) is 55.1 Å². The van der Waals surface area contributed by atoms with Crippen molar-refractivity contribution >= 4 is 23.1 Å². The lowest BCUT2D eigenvalue weighted by Gasteiger charge is -2.28. The van der Waals surface area contributed by atoms with E-state index >= 15 is 0 Å². The molecule has 104 valence electrons. The molecule has 0 aliphatic rings. The van der Waals surface area contributed by atoms with E-state index < -0.39 is 17.2 Å². The van der Waals surface area contributed by atoms with E-state index in [9.17, 15) is 13.6 Å². The number of hydrogen-bond acceptors (Lipinski definition) is 2. The largest absolute Gasteiger partial charge is 0.391 e. The first kappa shape index (κ1) is 15.5. The Morgan fingerprint density at radius 1 is 1.42 bits per heavy atom. The minimum Gasteiger partial charge on any atom is -0.391 e. The first-order valence-corrected chi connectivity index (χ1v) is 6.24. The van der Waals surface area contributed by atoms with Crippen LogP contribution in [0.2, 0.25) is 0 Å². The number of carbonyl (C=O) groups is 1. The highest BCUT2D eigenvalue weighted by Gasteiger charge is 2.27. The predicted octanol–water partition coefficient (Wildman–Crippen LogP) is 2.08. The van der Waals surface area contributed by atoms with Crippen molar-refractivity contribution in [1.82, 2.24) is 5.32 Å². The van der Waals surface area contributed by atoms with Crippen LogP contribution in [0.4, 0.5) is 8.78 Å². The SMILES string of the molecule is CCC(C)(NC(=O)Cc1ccc(F)c(F)c1)C(N)=S. The third-order valence-electron chi connectivity index (χ3n) is 3.01. The summed E-state index contributed by atoms with van der Waals surface area (Å²) in [4.78, 5) is 12.0. The van der Waals surface area contributed by atoms with Crippen LogP contribution < -0.4 is 11.1 Å². The molecular weight excluding hydrogens is 270 g/mol. The van der Waals surface area contributed by atoms with Gasteiger partial charge in [-0.05, 0) is 31.0 Å². The van der Waals surface area contributed by atoms with Crippen LogP contribution in [-0.2, 0) is 11.2 Å². The van der Waals surface area contributed by atoms with E-state index in [1.165, 1.54) is 6.07 Å². The van der Waals surface area contributed by atoms with Crippen LogP contribution >= 0.6 is 12.2 Å². The highest BCUT2D eigenvalue weighted by Crippen LogP contribution is 2.12. The van der Waals surface area contributed by atoms with Gasteiger partial charge in [-0.15, -0.1) is 0 Å². The standard InChI is InChI=1S/C13H16F2N2OS/c1-3-13(2,12(16)19)17-11(18)7-8-4-5-9(14)10(15)6-8/h4-6H,3,7H2,1-2H3,(H2,16,19)(H,17,18). The van der Waals surface area contributed by atoms with Crippen molar-refractivity contribution in [2.75, 3.05) is 0 Å². The Bertz CT molecular complexity index is 507. The monoisotopic (exact) mass is 286 g/mol. The molecule has 1 amide bonds. The number of halogens is 2. The van der Waals surface area contributed by atoms with E-state index in [1.807, 2.05) is 6.92 Å². The molecule has 3 nitrogen and oxygen atoms in total. The molecule has 0 aliphatic carbocycles. The Balaban J connectivity index is 2.75. The van der Waals surface area contributed by atoms with E-state index in [0.29, 0.717) is 12.0 Å². The molecular formula is C13H16F2N2OS. The van der Waals surface area contributed by atoms with Gasteiger partial charge in [-0.1, -0.05) is 25.2 Å². The zero-order chi connectivity index (χ0) is 14.6. The van der Waals surface area contributed by atoms with Crippen molar-refractivity contribution in [2.24, 2.45) is 5.73 Å². The van der Waals surface area contributed by atoms with Gasteiger partial charge in [-0.2, -0.15) is 0 Å². The fraction of sp³-hybridized carbons (Fsp3) is 0.385. The molecule has 0 heterocycles. The predicted molar refractivity (Wildman–Crippen MR) is 73.7 cm³/mol. The van der Waals surface area contributed by atoms with Crippen molar-refractivity contribution < 1.29 is 13.6 Å². The summed E-state index contributed by atoms with van der Waals surface area (Å²) in [5.74, 6) is -2.26. The number of nitrogens with two attached hydrogens (primary N) is 1. The number of hydrogen-bond donors (Lipinski definition) is 2. The van der Waals surface area contributed by atoms with Crippen molar-refractivity contribution in [1.29, 1.82) is 0 Å². The normalized spacial score (nSPS) is 13.7. The van der Waals surface area contributed by atoms with Crippen LogP contribution in [0.5, 0.6) is 0 Å². The lowest BCUT2D eigenvalue weighted by atomic mass is 9.98. The number of benzene rings is 1. The summed E-state index contributed by atoms with van der Waals surface area (Å²) in [6, 6.07) is 3.35. The molecule has 0 saturated carbocycles. The molecule has 1 rings (SSSR count). The number of carbonyl (C=O) groups excluding carboxylic acids is 1. The van der Waals surface area contributed by atoms with Crippen molar-refractivity contribution in [3.63, 3.8) is 0 Å². The summed E-state index contributed by atoms with van der Waals surface area (Å²) in [6.45, 7) is 3.56. The molecule has 0 aliphatic heterocycles. The summed E-state index contributed by atoms with van der Waals surface area (Å²) in [6.07, 6.45) is 0.487. The van der Waals surface area contributed by atoms with Gasteiger partial charge in [0.2, 0.25) is 5.91 Å². The summed E-state index contributed by atoms with van der Waals surface area (Å²) in [5, 5.41) is 2.70. The molecule has 1 aromatic carbocycles. The molecule has 3 N–H and O–H groups in total. The lowest BCUT2D eigenvalue weighted by Crippen LogP contribution is -2.54. The van der Waals surface area contributed by atoms with Crippen LogP contribution in [0.15, 0.2) is 18.2 Å². The van der Waals surface area contributed by atoms with Gasteiger partial charge in [0.15, 0.2) is 11.6 Å².